The maximum Gasteiger partial charge on any atom is 0.123 e. The number of rotatable bonds is 1. The molecule has 2 heteroatoms. The predicted octanol–water partition coefficient (Wildman–Crippen LogP) is 5.68. The number of aryl methyl sites for hydroxylation is 1. The topological polar surface area (TPSA) is 12.9 Å². The standard InChI is InChI=1S/C22H16FN/c23-16-11-8-15(9-12-16)22-19-7-3-6-18(19)21-17-5-2-1-4-14(17)10-13-20(21)24-22/h1-2,4-5,8-13H,3,6-7H2. The van der Waals surface area contributed by atoms with Crippen LogP contribution in [0.4, 0.5) is 4.39 Å². The Balaban J connectivity index is 1.88. The van der Waals surface area contributed by atoms with E-state index in [2.05, 4.69) is 36.4 Å². The summed E-state index contributed by atoms with van der Waals surface area (Å²) in [5.74, 6) is -0.206. The summed E-state index contributed by atoms with van der Waals surface area (Å²) in [5, 5.41) is 3.84. The van der Waals surface area contributed by atoms with Gasteiger partial charge in [0, 0.05) is 10.9 Å². The summed E-state index contributed by atoms with van der Waals surface area (Å²) in [7, 11) is 0. The Morgan fingerprint density at radius 3 is 2.46 bits per heavy atom. The van der Waals surface area contributed by atoms with Crippen molar-refractivity contribution in [2.75, 3.05) is 0 Å². The molecular formula is C22H16FN. The second-order valence-electron chi connectivity index (χ2n) is 6.46. The molecule has 0 radical (unpaired) electrons. The average Bonchev–Trinajstić information content (AvgIpc) is 3.11. The molecule has 1 heterocycles. The van der Waals surface area contributed by atoms with Crippen LogP contribution in [0.25, 0.3) is 32.9 Å². The minimum absolute atomic E-state index is 0.206. The van der Waals surface area contributed by atoms with Crippen molar-refractivity contribution >= 4 is 21.7 Å². The van der Waals surface area contributed by atoms with Crippen LogP contribution in [0.1, 0.15) is 17.5 Å². The van der Waals surface area contributed by atoms with Gasteiger partial charge in [0.15, 0.2) is 0 Å². The zero-order valence-corrected chi connectivity index (χ0v) is 13.2. The van der Waals surface area contributed by atoms with E-state index in [-0.39, 0.29) is 5.82 Å². The second kappa shape index (κ2) is 5.13. The Bertz CT molecular complexity index is 1080. The predicted molar refractivity (Wildman–Crippen MR) is 96.7 cm³/mol. The van der Waals surface area contributed by atoms with Gasteiger partial charge < -0.3 is 0 Å². The molecule has 0 fully saturated rings. The average molecular weight is 313 g/mol. The third-order valence-corrected chi connectivity index (χ3v) is 5.06. The fourth-order valence-corrected chi connectivity index (χ4v) is 3.99. The van der Waals surface area contributed by atoms with Gasteiger partial charge in [-0.3, -0.25) is 0 Å². The second-order valence-corrected chi connectivity index (χ2v) is 6.46. The van der Waals surface area contributed by atoms with Gasteiger partial charge in [-0.15, -0.1) is 0 Å². The van der Waals surface area contributed by atoms with Gasteiger partial charge in [-0.05, 0) is 71.5 Å². The van der Waals surface area contributed by atoms with Crippen molar-refractivity contribution < 1.29 is 4.39 Å². The minimum Gasteiger partial charge on any atom is -0.247 e. The molecule has 24 heavy (non-hydrogen) atoms. The van der Waals surface area contributed by atoms with Crippen LogP contribution in [0, 0.1) is 5.82 Å². The molecule has 1 aliphatic carbocycles. The van der Waals surface area contributed by atoms with Crippen molar-refractivity contribution in [3.8, 4) is 11.3 Å². The number of hydrogen-bond acceptors (Lipinski definition) is 1. The van der Waals surface area contributed by atoms with E-state index >= 15 is 0 Å². The molecule has 0 atom stereocenters. The third kappa shape index (κ3) is 1.96. The molecule has 1 nitrogen and oxygen atoms in total. The van der Waals surface area contributed by atoms with Gasteiger partial charge in [-0.2, -0.15) is 0 Å². The summed E-state index contributed by atoms with van der Waals surface area (Å²) < 4.78 is 13.3. The van der Waals surface area contributed by atoms with Crippen molar-refractivity contribution in [2.45, 2.75) is 19.3 Å². The van der Waals surface area contributed by atoms with Crippen LogP contribution >= 0.6 is 0 Å². The normalized spacial score (nSPS) is 13.5. The number of benzene rings is 3. The maximum atomic E-state index is 13.3. The molecule has 0 saturated heterocycles. The highest BCUT2D eigenvalue weighted by molar-refractivity contribution is 6.09. The number of halogens is 1. The Morgan fingerprint density at radius 1 is 0.792 bits per heavy atom. The Morgan fingerprint density at radius 2 is 1.58 bits per heavy atom. The largest absolute Gasteiger partial charge is 0.247 e. The van der Waals surface area contributed by atoms with E-state index in [9.17, 15) is 4.39 Å². The summed E-state index contributed by atoms with van der Waals surface area (Å²) in [4.78, 5) is 4.97. The quantitative estimate of drug-likeness (QED) is 0.412. The summed E-state index contributed by atoms with van der Waals surface area (Å²) in [6.45, 7) is 0. The highest BCUT2D eigenvalue weighted by atomic mass is 19.1. The van der Waals surface area contributed by atoms with Crippen LogP contribution in [-0.4, -0.2) is 4.98 Å². The molecular weight excluding hydrogens is 297 g/mol. The number of nitrogens with zero attached hydrogens (tertiary/aromatic N) is 1. The molecule has 3 aromatic carbocycles. The maximum absolute atomic E-state index is 13.3. The molecule has 0 N–H and O–H groups in total. The summed E-state index contributed by atoms with van der Waals surface area (Å²) in [6, 6.07) is 19.5. The van der Waals surface area contributed by atoms with E-state index in [0.717, 1.165) is 36.0 Å². The van der Waals surface area contributed by atoms with E-state index in [1.165, 1.54) is 39.4 Å². The zero-order chi connectivity index (χ0) is 16.1. The van der Waals surface area contributed by atoms with Crippen molar-refractivity contribution in [1.29, 1.82) is 0 Å². The van der Waals surface area contributed by atoms with Gasteiger partial charge in [0.1, 0.15) is 5.82 Å². The van der Waals surface area contributed by atoms with Crippen LogP contribution in [0.3, 0.4) is 0 Å². The molecule has 116 valence electrons. The fraction of sp³-hybridized carbons (Fsp3) is 0.136. The molecule has 0 bridgehead atoms. The lowest BCUT2D eigenvalue weighted by atomic mass is 9.95. The molecule has 0 amide bonds. The van der Waals surface area contributed by atoms with E-state index in [0.29, 0.717) is 0 Å². The van der Waals surface area contributed by atoms with Crippen molar-refractivity contribution in [1.82, 2.24) is 4.98 Å². The molecule has 0 spiro atoms. The molecule has 1 aromatic heterocycles. The summed E-state index contributed by atoms with van der Waals surface area (Å²) in [5.41, 5.74) is 5.82. The SMILES string of the molecule is Fc1ccc(-c2nc3ccc4ccccc4c3c3c2CCC3)cc1. The van der Waals surface area contributed by atoms with E-state index in [4.69, 9.17) is 4.98 Å². The first kappa shape index (κ1) is 13.7. The van der Waals surface area contributed by atoms with Crippen LogP contribution in [0.5, 0.6) is 0 Å². The highest BCUT2D eigenvalue weighted by Gasteiger charge is 2.21. The number of fused-ring (bicyclic) bond motifs is 5. The lowest BCUT2D eigenvalue weighted by Crippen LogP contribution is -1.96. The molecule has 1 aliphatic rings. The first-order valence-electron chi connectivity index (χ1n) is 8.40. The number of aromatic nitrogens is 1. The van der Waals surface area contributed by atoms with Crippen LogP contribution < -0.4 is 0 Å². The molecule has 0 unspecified atom stereocenters. The van der Waals surface area contributed by atoms with Crippen LogP contribution in [-0.2, 0) is 12.8 Å². The van der Waals surface area contributed by atoms with Crippen molar-refractivity contribution in [2.24, 2.45) is 0 Å². The fourth-order valence-electron chi connectivity index (χ4n) is 3.99. The van der Waals surface area contributed by atoms with Crippen molar-refractivity contribution in [3.05, 3.63) is 77.6 Å². The Labute approximate surface area is 139 Å². The highest BCUT2D eigenvalue weighted by Crippen LogP contribution is 2.38. The van der Waals surface area contributed by atoms with E-state index in [1.54, 1.807) is 0 Å². The summed E-state index contributed by atoms with van der Waals surface area (Å²) in [6.07, 6.45) is 3.30. The van der Waals surface area contributed by atoms with Gasteiger partial charge in [-0.1, -0.05) is 30.3 Å². The smallest absolute Gasteiger partial charge is 0.123 e. The summed E-state index contributed by atoms with van der Waals surface area (Å²) >= 11 is 0. The number of hydrogen-bond donors (Lipinski definition) is 0. The van der Waals surface area contributed by atoms with Gasteiger partial charge in [0.05, 0.1) is 11.2 Å². The molecule has 4 aromatic rings. The monoisotopic (exact) mass is 313 g/mol. The van der Waals surface area contributed by atoms with Crippen LogP contribution in [0.15, 0.2) is 60.7 Å². The lowest BCUT2D eigenvalue weighted by Gasteiger charge is -2.13. The van der Waals surface area contributed by atoms with Gasteiger partial charge in [0.2, 0.25) is 0 Å². The first-order valence-corrected chi connectivity index (χ1v) is 8.40. The lowest BCUT2D eigenvalue weighted by molar-refractivity contribution is 0.628. The molecule has 0 saturated carbocycles. The van der Waals surface area contributed by atoms with Crippen molar-refractivity contribution in [3.63, 3.8) is 0 Å². The molecule has 5 rings (SSSR count). The van der Waals surface area contributed by atoms with Crippen LogP contribution in [0.2, 0.25) is 0 Å². The minimum atomic E-state index is -0.206. The first-order chi connectivity index (χ1) is 11.8. The Hall–Kier alpha value is -2.74. The van der Waals surface area contributed by atoms with E-state index in [1.807, 2.05) is 12.1 Å². The van der Waals surface area contributed by atoms with Gasteiger partial charge >= 0.3 is 0 Å². The van der Waals surface area contributed by atoms with Gasteiger partial charge in [-0.25, -0.2) is 9.37 Å². The van der Waals surface area contributed by atoms with E-state index < -0.39 is 0 Å². The third-order valence-electron chi connectivity index (χ3n) is 5.06. The molecule has 0 aliphatic heterocycles. The van der Waals surface area contributed by atoms with Gasteiger partial charge in [0.25, 0.3) is 0 Å². The number of pyridine rings is 1. The Kier molecular flexibility index (Phi) is 2.93. The zero-order valence-electron chi connectivity index (χ0n) is 13.2.